The van der Waals surface area contributed by atoms with Crippen LogP contribution in [0.3, 0.4) is 0 Å². The van der Waals surface area contributed by atoms with Crippen molar-refractivity contribution in [1.82, 2.24) is 15.2 Å². The molecule has 1 amide bonds. The van der Waals surface area contributed by atoms with Crippen molar-refractivity contribution in [3.8, 4) is 0 Å². The van der Waals surface area contributed by atoms with Gasteiger partial charge in [-0.15, -0.1) is 0 Å². The molecular formula is C11H12ClN5O. The summed E-state index contributed by atoms with van der Waals surface area (Å²) in [7, 11) is 0. The van der Waals surface area contributed by atoms with Gasteiger partial charge in [0.1, 0.15) is 11.0 Å². The van der Waals surface area contributed by atoms with Crippen LogP contribution < -0.4 is 10.6 Å². The van der Waals surface area contributed by atoms with Gasteiger partial charge in [-0.1, -0.05) is 11.6 Å². The smallest absolute Gasteiger partial charge is 0.255 e. The maximum Gasteiger partial charge on any atom is 0.255 e. The van der Waals surface area contributed by atoms with Crippen molar-refractivity contribution in [2.24, 2.45) is 0 Å². The molecule has 0 atom stereocenters. The fourth-order valence-corrected chi connectivity index (χ4v) is 1.63. The number of aromatic nitrogens is 3. The van der Waals surface area contributed by atoms with Crippen molar-refractivity contribution in [3.63, 3.8) is 0 Å². The highest BCUT2D eigenvalue weighted by Crippen LogP contribution is 2.16. The third kappa shape index (κ3) is 2.98. The van der Waals surface area contributed by atoms with E-state index in [1.807, 2.05) is 6.92 Å². The van der Waals surface area contributed by atoms with E-state index >= 15 is 0 Å². The van der Waals surface area contributed by atoms with Crippen molar-refractivity contribution in [1.29, 1.82) is 0 Å². The summed E-state index contributed by atoms with van der Waals surface area (Å²) in [5, 5.41) is 12.3. The summed E-state index contributed by atoms with van der Waals surface area (Å²) in [5.74, 6) is 0.308. The zero-order valence-corrected chi connectivity index (χ0v) is 10.5. The lowest BCUT2D eigenvalue weighted by Gasteiger charge is -2.06. The topological polar surface area (TPSA) is 82.7 Å². The molecule has 0 aromatic carbocycles. The zero-order chi connectivity index (χ0) is 13.0. The number of amides is 1. The standard InChI is InChI=1S/C11H12ClN5O/c1-2-13-10-4-7(3-9(12)17-10)11(18)16-8-5-14-15-6-8/h3-6H,2H2,1H3,(H,13,17)(H,14,15)(H,16,18). The minimum absolute atomic E-state index is 0.264. The Morgan fingerprint density at radius 3 is 3.00 bits per heavy atom. The summed E-state index contributed by atoms with van der Waals surface area (Å²) in [5.41, 5.74) is 1.03. The zero-order valence-electron chi connectivity index (χ0n) is 9.70. The molecule has 7 heteroatoms. The average molecular weight is 266 g/mol. The van der Waals surface area contributed by atoms with Crippen LogP contribution in [0.15, 0.2) is 24.5 Å². The molecule has 2 aromatic heterocycles. The molecule has 0 saturated carbocycles. The number of carbonyl (C=O) groups is 1. The Bertz CT molecular complexity index is 540. The lowest BCUT2D eigenvalue weighted by atomic mass is 10.2. The molecule has 0 aliphatic carbocycles. The summed E-state index contributed by atoms with van der Waals surface area (Å²) in [6.07, 6.45) is 3.11. The van der Waals surface area contributed by atoms with E-state index in [1.54, 1.807) is 12.3 Å². The molecule has 2 heterocycles. The van der Waals surface area contributed by atoms with Gasteiger partial charge in [-0.3, -0.25) is 9.89 Å². The van der Waals surface area contributed by atoms with Crippen molar-refractivity contribution < 1.29 is 4.79 Å². The van der Waals surface area contributed by atoms with Crippen molar-refractivity contribution in [2.75, 3.05) is 17.2 Å². The monoisotopic (exact) mass is 265 g/mol. The van der Waals surface area contributed by atoms with E-state index in [0.29, 0.717) is 23.6 Å². The fourth-order valence-electron chi connectivity index (χ4n) is 1.42. The maximum absolute atomic E-state index is 12.0. The molecule has 0 spiro atoms. The molecule has 0 unspecified atom stereocenters. The van der Waals surface area contributed by atoms with E-state index in [2.05, 4.69) is 25.8 Å². The highest BCUT2D eigenvalue weighted by Gasteiger charge is 2.09. The van der Waals surface area contributed by atoms with Crippen LogP contribution in [0.1, 0.15) is 17.3 Å². The van der Waals surface area contributed by atoms with Crippen molar-refractivity contribution >= 4 is 29.0 Å². The quantitative estimate of drug-likeness (QED) is 0.740. The van der Waals surface area contributed by atoms with Crippen LogP contribution in [-0.4, -0.2) is 27.6 Å². The van der Waals surface area contributed by atoms with Gasteiger partial charge in [-0.05, 0) is 19.1 Å². The molecule has 0 aliphatic heterocycles. The van der Waals surface area contributed by atoms with Gasteiger partial charge >= 0.3 is 0 Å². The van der Waals surface area contributed by atoms with Crippen LogP contribution >= 0.6 is 11.6 Å². The van der Waals surface area contributed by atoms with Crippen molar-refractivity contribution in [3.05, 3.63) is 35.2 Å². The van der Waals surface area contributed by atoms with E-state index in [-0.39, 0.29) is 11.1 Å². The Labute approximate surface area is 109 Å². The van der Waals surface area contributed by atoms with E-state index < -0.39 is 0 Å². The highest BCUT2D eigenvalue weighted by atomic mass is 35.5. The third-order valence-corrected chi connectivity index (χ3v) is 2.36. The van der Waals surface area contributed by atoms with Gasteiger partial charge in [-0.25, -0.2) is 4.98 Å². The molecule has 2 rings (SSSR count). The summed E-state index contributed by atoms with van der Waals surface area (Å²) in [6.45, 7) is 2.64. The average Bonchev–Trinajstić information content (AvgIpc) is 2.81. The molecule has 0 aliphatic rings. The molecule has 6 nitrogen and oxygen atoms in total. The number of nitrogens with zero attached hydrogens (tertiary/aromatic N) is 2. The van der Waals surface area contributed by atoms with Crippen LogP contribution in [0.25, 0.3) is 0 Å². The van der Waals surface area contributed by atoms with E-state index in [9.17, 15) is 4.79 Å². The van der Waals surface area contributed by atoms with Gasteiger partial charge in [0, 0.05) is 18.3 Å². The first-order valence-corrected chi connectivity index (χ1v) is 5.78. The number of halogens is 1. The van der Waals surface area contributed by atoms with Gasteiger partial charge in [-0.2, -0.15) is 5.10 Å². The van der Waals surface area contributed by atoms with E-state index in [1.165, 1.54) is 12.3 Å². The molecule has 2 aromatic rings. The Kier molecular flexibility index (Phi) is 3.78. The second kappa shape index (κ2) is 5.50. The Hall–Kier alpha value is -2.08. The maximum atomic E-state index is 12.0. The van der Waals surface area contributed by atoms with Crippen LogP contribution in [0, 0.1) is 0 Å². The normalized spacial score (nSPS) is 10.1. The molecule has 0 fully saturated rings. The van der Waals surface area contributed by atoms with Gasteiger partial charge in [0.2, 0.25) is 0 Å². The van der Waals surface area contributed by atoms with Crippen LogP contribution in [0.2, 0.25) is 5.15 Å². The Balaban J connectivity index is 2.19. The van der Waals surface area contributed by atoms with Crippen LogP contribution in [0.4, 0.5) is 11.5 Å². The van der Waals surface area contributed by atoms with Gasteiger partial charge < -0.3 is 10.6 Å². The minimum Gasteiger partial charge on any atom is -0.370 e. The SMILES string of the molecule is CCNc1cc(C(=O)Nc2cn[nH]c2)cc(Cl)n1. The number of rotatable bonds is 4. The Morgan fingerprint density at radius 2 is 2.33 bits per heavy atom. The largest absolute Gasteiger partial charge is 0.370 e. The minimum atomic E-state index is -0.264. The van der Waals surface area contributed by atoms with E-state index in [0.717, 1.165) is 0 Å². The second-order valence-corrected chi connectivity index (χ2v) is 3.92. The number of nitrogens with one attached hydrogen (secondary N) is 3. The number of H-pyrrole nitrogens is 1. The van der Waals surface area contributed by atoms with Crippen molar-refractivity contribution in [2.45, 2.75) is 6.92 Å². The molecule has 94 valence electrons. The summed E-state index contributed by atoms with van der Waals surface area (Å²) >= 11 is 5.86. The first-order chi connectivity index (χ1) is 8.69. The molecule has 0 radical (unpaired) electrons. The first kappa shape index (κ1) is 12.4. The predicted molar refractivity (Wildman–Crippen MR) is 70.0 cm³/mol. The fraction of sp³-hybridized carbons (Fsp3) is 0.182. The van der Waals surface area contributed by atoms with Gasteiger partial charge in [0.15, 0.2) is 0 Å². The number of pyridine rings is 1. The summed E-state index contributed by atoms with van der Waals surface area (Å²) in [6, 6.07) is 3.16. The molecule has 0 bridgehead atoms. The summed E-state index contributed by atoms with van der Waals surface area (Å²) < 4.78 is 0. The molecule has 0 saturated heterocycles. The number of anilines is 2. The molecule has 3 N–H and O–H groups in total. The summed E-state index contributed by atoms with van der Waals surface area (Å²) in [4.78, 5) is 16.0. The predicted octanol–water partition coefficient (Wildman–Crippen LogP) is 2.14. The van der Waals surface area contributed by atoms with Gasteiger partial charge in [0.25, 0.3) is 5.91 Å². The molecule has 18 heavy (non-hydrogen) atoms. The van der Waals surface area contributed by atoms with Gasteiger partial charge in [0.05, 0.1) is 11.9 Å². The lowest BCUT2D eigenvalue weighted by molar-refractivity contribution is 0.102. The number of hydrogen-bond acceptors (Lipinski definition) is 4. The first-order valence-electron chi connectivity index (χ1n) is 5.40. The number of aromatic amines is 1. The molecular weight excluding hydrogens is 254 g/mol. The van der Waals surface area contributed by atoms with E-state index in [4.69, 9.17) is 11.6 Å². The number of hydrogen-bond donors (Lipinski definition) is 3. The lowest BCUT2D eigenvalue weighted by Crippen LogP contribution is -2.12. The highest BCUT2D eigenvalue weighted by molar-refractivity contribution is 6.30. The second-order valence-electron chi connectivity index (χ2n) is 3.54. The van der Waals surface area contributed by atoms with Crippen LogP contribution in [-0.2, 0) is 0 Å². The Morgan fingerprint density at radius 1 is 1.50 bits per heavy atom. The third-order valence-electron chi connectivity index (χ3n) is 2.17. The number of carbonyl (C=O) groups excluding carboxylic acids is 1. The van der Waals surface area contributed by atoms with Crippen LogP contribution in [0.5, 0.6) is 0 Å².